The lowest BCUT2D eigenvalue weighted by atomic mass is 10.2. The molecule has 0 aliphatic rings. The first-order valence-corrected chi connectivity index (χ1v) is 6.01. The zero-order valence-corrected chi connectivity index (χ0v) is 11.1. The van der Waals surface area contributed by atoms with Crippen LogP contribution in [0.25, 0.3) is 6.08 Å². The molecule has 6 nitrogen and oxygen atoms in total. The second kappa shape index (κ2) is 8.60. The van der Waals surface area contributed by atoms with Crippen LogP contribution in [0.4, 0.5) is 0 Å². The first-order chi connectivity index (χ1) is 9.67. The van der Waals surface area contributed by atoms with Crippen LogP contribution in [0.15, 0.2) is 36.4 Å². The van der Waals surface area contributed by atoms with Crippen LogP contribution >= 0.6 is 0 Å². The standard InChI is InChI=1S/C14H16N3O3/c1-15-11-13(19)16-17(9-10-18)14(20)8-7-12-5-3-2-4-6-12/h2-8,15H,9,11H2,1H3,(H,16,19). The van der Waals surface area contributed by atoms with Crippen molar-refractivity contribution in [3.8, 4) is 0 Å². The molecule has 0 unspecified atom stereocenters. The van der Waals surface area contributed by atoms with Gasteiger partial charge in [-0.05, 0) is 18.7 Å². The van der Waals surface area contributed by atoms with Gasteiger partial charge < -0.3 is 5.32 Å². The third-order valence-electron chi connectivity index (χ3n) is 2.30. The second-order valence-corrected chi connectivity index (χ2v) is 3.88. The minimum absolute atomic E-state index is 0.0467. The van der Waals surface area contributed by atoms with Gasteiger partial charge in [0.25, 0.3) is 11.8 Å². The first kappa shape index (κ1) is 15.6. The van der Waals surface area contributed by atoms with Crippen molar-refractivity contribution in [2.24, 2.45) is 0 Å². The summed E-state index contributed by atoms with van der Waals surface area (Å²) >= 11 is 0. The van der Waals surface area contributed by atoms with E-state index in [4.69, 9.17) is 0 Å². The van der Waals surface area contributed by atoms with Crippen molar-refractivity contribution < 1.29 is 14.4 Å². The minimum atomic E-state index is -0.498. The summed E-state index contributed by atoms with van der Waals surface area (Å²) in [5.74, 6) is -0.911. The van der Waals surface area contributed by atoms with Gasteiger partial charge in [0.05, 0.1) is 6.54 Å². The smallest absolute Gasteiger partial charge is 0.265 e. The predicted octanol–water partition coefficient (Wildman–Crippen LogP) is -0.111. The molecule has 2 amide bonds. The van der Waals surface area contributed by atoms with Gasteiger partial charge >= 0.3 is 0 Å². The quantitative estimate of drug-likeness (QED) is 0.560. The zero-order chi connectivity index (χ0) is 14.8. The number of nitrogens with one attached hydrogen (secondary N) is 2. The van der Waals surface area contributed by atoms with Gasteiger partial charge in [0.2, 0.25) is 6.29 Å². The van der Waals surface area contributed by atoms with Gasteiger partial charge in [-0.25, -0.2) is 5.01 Å². The molecule has 2 N–H and O–H groups in total. The monoisotopic (exact) mass is 274 g/mol. The van der Waals surface area contributed by atoms with Gasteiger partial charge in [-0.2, -0.15) is 0 Å². The van der Waals surface area contributed by atoms with E-state index in [9.17, 15) is 14.4 Å². The van der Waals surface area contributed by atoms with E-state index in [2.05, 4.69) is 10.7 Å². The van der Waals surface area contributed by atoms with E-state index in [1.54, 1.807) is 19.4 Å². The fourth-order valence-electron chi connectivity index (χ4n) is 1.41. The number of amides is 2. The van der Waals surface area contributed by atoms with Gasteiger partial charge in [0, 0.05) is 6.08 Å². The normalized spacial score (nSPS) is 10.2. The molecule has 1 rings (SSSR count). The Hall–Kier alpha value is -2.47. The van der Waals surface area contributed by atoms with Crippen molar-refractivity contribution >= 4 is 24.2 Å². The van der Waals surface area contributed by atoms with Crippen LogP contribution in [-0.2, 0) is 14.4 Å². The van der Waals surface area contributed by atoms with Crippen molar-refractivity contribution in [3.05, 3.63) is 42.0 Å². The largest absolute Gasteiger partial charge is 0.311 e. The molecule has 0 aliphatic heterocycles. The molecule has 0 bridgehead atoms. The number of hydrazine groups is 1. The number of nitrogens with zero attached hydrogens (tertiary/aromatic N) is 1. The van der Waals surface area contributed by atoms with Gasteiger partial charge in [0.1, 0.15) is 6.54 Å². The molecule has 1 aromatic carbocycles. The summed E-state index contributed by atoms with van der Waals surface area (Å²) in [7, 11) is 1.60. The minimum Gasteiger partial charge on any atom is -0.311 e. The number of hydrogen-bond donors (Lipinski definition) is 2. The van der Waals surface area contributed by atoms with Crippen molar-refractivity contribution in [1.29, 1.82) is 0 Å². The summed E-state index contributed by atoms with van der Waals surface area (Å²) in [5.41, 5.74) is 3.17. The summed E-state index contributed by atoms with van der Waals surface area (Å²) in [6.07, 6.45) is 4.47. The Kier molecular flexibility index (Phi) is 6.70. The number of hydrogen-bond acceptors (Lipinski definition) is 4. The second-order valence-electron chi connectivity index (χ2n) is 3.88. The molecule has 0 heterocycles. The molecule has 0 aliphatic carbocycles. The van der Waals surface area contributed by atoms with Crippen LogP contribution in [0.5, 0.6) is 0 Å². The van der Waals surface area contributed by atoms with Crippen LogP contribution in [0.1, 0.15) is 5.56 Å². The highest BCUT2D eigenvalue weighted by atomic mass is 16.2. The molecule has 0 aromatic heterocycles. The highest BCUT2D eigenvalue weighted by Crippen LogP contribution is 2.01. The molecule has 105 valence electrons. The molecular formula is C14H16N3O3. The van der Waals surface area contributed by atoms with Crippen molar-refractivity contribution in [3.63, 3.8) is 0 Å². The molecule has 0 saturated carbocycles. The molecule has 0 saturated heterocycles. The van der Waals surface area contributed by atoms with Crippen molar-refractivity contribution in [1.82, 2.24) is 15.8 Å². The Balaban J connectivity index is 2.66. The number of carbonyl (C=O) groups excluding carboxylic acids is 3. The summed E-state index contributed by atoms with van der Waals surface area (Å²) in [5, 5.41) is 3.55. The van der Waals surface area contributed by atoms with Crippen molar-refractivity contribution in [2.45, 2.75) is 0 Å². The Labute approximate surface area is 117 Å². The van der Waals surface area contributed by atoms with Crippen LogP contribution in [0.3, 0.4) is 0 Å². The molecule has 0 fully saturated rings. The fraction of sp³-hybridized carbons (Fsp3) is 0.214. The molecule has 1 radical (unpaired) electrons. The van der Waals surface area contributed by atoms with Gasteiger partial charge in [-0.1, -0.05) is 30.3 Å². The SMILES string of the molecule is CNCC(=O)NN(C[C]=O)C(=O)C=Cc1ccccc1. The van der Waals surface area contributed by atoms with Crippen LogP contribution < -0.4 is 10.7 Å². The van der Waals surface area contributed by atoms with Gasteiger partial charge in [0.15, 0.2) is 0 Å². The number of likely N-dealkylation sites (N-methyl/N-ethyl adjacent to an activating group) is 1. The molecule has 0 spiro atoms. The molecule has 1 aromatic rings. The summed E-state index contributed by atoms with van der Waals surface area (Å²) in [6.45, 7) is -0.279. The van der Waals surface area contributed by atoms with Gasteiger partial charge in [-0.3, -0.25) is 19.8 Å². The van der Waals surface area contributed by atoms with Crippen LogP contribution in [0, 0.1) is 0 Å². The topological polar surface area (TPSA) is 78.5 Å². The van der Waals surface area contributed by atoms with Crippen molar-refractivity contribution in [2.75, 3.05) is 20.1 Å². The van der Waals surface area contributed by atoms with E-state index in [0.717, 1.165) is 10.6 Å². The average molecular weight is 274 g/mol. The predicted molar refractivity (Wildman–Crippen MR) is 75.0 cm³/mol. The molecule has 20 heavy (non-hydrogen) atoms. The summed E-state index contributed by atoms with van der Waals surface area (Å²) in [6, 6.07) is 9.22. The van der Waals surface area contributed by atoms with Gasteiger partial charge in [-0.15, -0.1) is 0 Å². The Morgan fingerprint density at radius 3 is 2.60 bits per heavy atom. The van der Waals surface area contributed by atoms with E-state index in [-0.39, 0.29) is 13.1 Å². The Morgan fingerprint density at radius 1 is 1.30 bits per heavy atom. The highest BCUT2D eigenvalue weighted by Gasteiger charge is 2.13. The van der Waals surface area contributed by atoms with E-state index in [1.807, 2.05) is 30.3 Å². The number of benzene rings is 1. The third kappa shape index (κ3) is 5.45. The summed E-state index contributed by atoms with van der Waals surface area (Å²) < 4.78 is 0. The maximum atomic E-state index is 11.9. The first-order valence-electron chi connectivity index (χ1n) is 6.01. The Bertz CT molecular complexity index is 486. The third-order valence-corrected chi connectivity index (χ3v) is 2.30. The average Bonchev–Trinajstić information content (AvgIpc) is 2.45. The van der Waals surface area contributed by atoms with E-state index < -0.39 is 11.8 Å². The van der Waals surface area contributed by atoms with Crippen LogP contribution in [-0.4, -0.2) is 43.2 Å². The lowest BCUT2D eigenvalue weighted by Crippen LogP contribution is -2.48. The van der Waals surface area contributed by atoms with Crippen LogP contribution in [0.2, 0.25) is 0 Å². The van der Waals surface area contributed by atoms with E-state index >= 15 is 0 Å². The maximum absolute atomic E-state index is 11.9. The highest BCUT2D eigenvalue weighted by molar-refractivity contribution is 5.94. The lowest BCUT2D eigenvalue weighted by molar-refractivity contribution is -0.136. The molecular weight excluding hydrogens is 258 g/mol. The summed E-state index contributed by atoms with van der Waals surface area (Å²) in [4.78, 5) is 33.7. The fourth-order valence-corrected chi connectivity index (χ4v) is 1.41. The Morgan fingerprint density at radius 2 is 2.00 bits per heavy atom. The lowest BCUT2D eigenvalue weighted by Gasteiger charge is -2.18. The number of carbonyl (C=O) groups is 2. The zero-order valence-electron chi connectivity index (χ0n) is 11.1. The maximum Gasteiger partial charge on any atom is 0.265 e. The number of rotatable bonds is 6. The van der Waals surface area contributed by atoms with E-state index in [0.29, 0.717) is 0 Å². The molecule has 6 heteroatoms. The van der Waals surface area contributed by atoms with E-state index in [1.165, 1.54) is 6.08 Å². The molecule has 0 atom stereocenters.